The molecule has 120 valence electrons. The number of amides is 2. The van der Waals surface area contributed by atoms with Gasteiger partial charge >= 0.3 is 11.8 Å². The highest BCUT2D eigenvalue weighted by atomic mass is 35.5. The van der Waals surface area contributed by atoms with Crippen LogP contribution in [-0.2, 0) is 9.59 Å². The number of carbonyl (C=O) groups excluding carboxylic acids is 2. The maximum absolute atomic E-state index is 11.5. The van der Waals surface area contributed by atoms with Crippen molar-refractivity contribution in [2.75, 3.05) is 13.1 Å². The van der Waals surface area contributed by atoms with Gasteiger partial charge in [-0.25, -0.2) is 0 Å². The molecule has 0 saturated carbocycles. The molecule has 2 rings (SSSR count). The number of halogens is 2. The SMILES string of the molecule is NC(=O)C(=O)N1CCC([C@@H](N)c2cc(Cl)c(Cl)cc2O)CC1. The van der Waals surface area contributed by atoms with E-state index in [2.05, 4.69) is 0 Å². The minimum atomic E-state index is -0.954. The third-order valence-electron chi connectivity index (χ3n) is 3.97. The highest BCUT2D eigenvalue weighted by Crippen LogP contribution is 2.37. The number of likely N-dealkylation sites (tertiary alicyclic amines) is 1. The largest absolute Gasteiger partial charge is 0.508 e. The molecule has 1 atom stereocenters. The summed E-state index contributed by atoms with van der Waals surface area (Å²) in [4.78, 5) is 23.8. The summed E-state index contributed by atoms with van der Waals surface area (Å²) < 4.78 is 0. The fourth-order valence-corrected chi connectivity index (χ4v) is 3.02. The first kappa shape index (κ1) is 16.9. The fraction of sp³-hybridized carbons (Fsp3) is 0.429. The van der Waals surface area contributed by atoms with Gasteiger partial charge in [-0.2, -0.15) is 0 Å². The van der Waals surface area contributed by atoms with Crippen molar-refractivity contribution in [3.05, 3.63) is 27.7 Å². The van der Waals surface area contributed by atoms with Gasteiger partial charge in [-0.1, -0.05) is 23.2 Å². The Bertz CT molecular complexity index is 601. The van der Waals surface area contributed by atoms with Crippen LogP contribution in [0.1, 0.15) is 24.4 Å². The van der Waals surface area contributed by atoms with Crippen molar-refractivity contribution in [2.45, 2.75) is 18.9 Å². The van der Waals surface area contributed by atoms with Crippen molar-refractivity contribution in [3.8, 4) is 5.75 Å². The number of nitrogens with zero attached hydrogens (tertiary/aromatic N) is 1. The van der Waals surface area contributed by atoms with Crippen LogP contribution in [0.3, 0.4) is 0 Å². The first-order valence-electron chi connectivity index (χ1n) is 6.83. The summed E-state index contributed by atoms with van der Waals surface area (Å²) in [7, 11) is 0. The highest BCUT2D eigenvalue weighted by Gasteiger charge is 2.30. The van der Waals surface area contributed by atoms with E-state index >= 15 is 0 Å². The summed E-state index contributed by atoms with van der Waals surface area (Å²) in [6.45, 7) is 0.810. The van der Waals surface area contributed by atoms with Gasteiger partial charge in [0.2, 0.25) is 0 Å². The molecule has 1 aromatic carbocycles. The van der Waals surface area contributed by atoms with E-state index in [9.17, 15) is 14.7 Å². The molecular formula is C14H17Cl2N3O3. The molecule has 0 unspecified atom stereocenters. The average Bonchev–Trinajstić information content (AvgIpc) is 2.49. The topological polar surface area (TPSA) is 110 Å². The second kappa shape index (κ2) is 6.73. The summed E-state index contributed by atoms with van der Waals surface area (Å²) in [5.41, 5.74) is 11.7. The van der Waals surface area contributed by atoms with Crippen LogP contribution in [0.2, 0.25) is 10.0 Å². The van der Waals surface area contributed by atoms with Crippen LogP contribution in [0.25, 0.3) is 0 Å². The van der Waals surface area contributed by atoms with Gasteiger partial charge in [-0.3, -0.25) is 9.59 Å². The molecule has 6 nitrogen and oxygen atoms in total. The van der Waals surface area contributed by atoms with Gasteiger partial charge in [0.25, 0.3) is 0 Å². The summed E-state index contributed by atoms with van der Waals surface area (Å²) in [6.07, 6.45) is 1.22. The van der Waals surface area contributed by atoms with E-state index in [-0.39, 0.29) is 16.7 Å². The maximum atomic E-state index is 11.5. The zero-order valence-corrected chi connectivity index (χ0v) is 13.3. The molecule has 0 aliphatic carbocycles. The van der Waals surface area contributed by atoms with Crippen LogP contribution in [-0.4, -0.2) is 34.9 Å². The molecule has 0 radical (unpaired) electrons. The number of phenols is 1. The maximum Gasteiger partial charge on any atom is 0.311 e. The summed E-state index contributed by atoms with van der Waals surface area (Å²) in [6, 6.07) is 2.50. The number of aromatic hydroxyl groups is 1. The Labute approximate surface area is 138 Å². The second-order valence-corrected chi connectivity index (χ2v) is 6.16. The number of primary amides is 1. The average molecular weight is 346 g/mol. The number of benzene rings is 1. The summed E-state index contributed by atoms with van der Waals surface area (Å²) in [5, 5.41) is 10.6. The highest BCUT2D eigenvalue weighted by molar-refractivity contribution is 6.42. The molecule has 5 N–H and O–H groups in total. The van der Waals surface area contributed by atoms with E-state index in [0.29, 0.717) is 36.5 Å². The number of hydrogen-bond donors (Lipinski definition) is 3. The van der Waals surface area contributed by atoms with Crippen LogP contribution in [0.4, 0.5) is 0 Å². The fourth-order valence-electron chi connectivity index (χ4n) is 2.69. The van der Waals surface area contributed by atoms with Gasteiger partial charge in [0.15, 0.2) is 0 Å². The van der Waals surface area contributed by atoms with E-state index in [1.165, 1.54) is 11.0 Å². The standard InChI is InChI=1S/C14H17Cl2N3O3/c15-9-5-8(11(20)6-10(9)16)12(17)7-1-3-19(4-2-7)14(22)13(18)21/h5-7,12,20H,1-4,17H2,(H2,18,21)/t12-/m1/s1. The number of nitrogens with two attached hydrogens (primary N) is 2. The van der Waals surface area contributed by atoms with Gasteiger partial charge in [-0.15, -0.1) is 0 Å². The quantitative estimate of drug-likeness (QED) is 0.704. The lowest BCUT2D eigenvalue weighted by Crippen LogP contribution is -2.45. The number of carbonyl (C=O) groups is 2. The van der Waals surface area contributed by atoms with Gasteiger partial charge in [0, 0.05) is 30.8 Å². The van der Waals surface area contributed by atoms with E-state index in [4.69, 9.17) is 34.7 Å². The zero-order valence-electron chi connectivity index (χ0n) is 11.8. The summed E-state index contributed by atoms with van der Waals surface area (Å²) in [5.74, 6) is -1.58. The Balaban J connectivity index is 2.07. The van der Waals surface area contributed by atoms with E-state index in [0.717, 1.165) is 0 Å². The molecule has 1 fully saturated rings. The van der Waals surface area contributed by atoms with Gasteiger partial charge < -0.3 is 21.5 Å². The molecular weight excluding hydrogens is 329 g/mol. The lowest BCUT2D eigenvalue weighted by molar-refractivity contribution is -0.145. The van der Waals surface area contributed by atoms with Gasteiger partial charge in [0.1, 0.15) is 5.75 Å². The second-order valence-electron chi connectivity index (χ2n) is 5.34. The van der Waals surface area contributed by atoms with Crippen molar-refractivity contribution >= 4 is 35.0 Å². The van der Waals surface area contributed by atoms with Gasteiger partial charge in [-0.05, 0) is 24.8 Å². The van der Waals surface area contributed by atoms with Crippen molar-refractivity contribution in [2.24, 2.45) is 17.4 Å². The Kier molecular flexibility index (Phi) is 5.16. The Morgan fingerprint density at radius 3 is 2.32 bits per heavy atom. The van der Waals surface area contributed by atoms with Crippen molar-refractivity contribution in [3.63, 3.8) is 0 Å². The van der Waals surface area contributed by atoms with Crippen LogP contribution >= 0.6 is 23.2 Å². The van der Waals surface area contributed by atoms with E-state index < -0.39 is 17.9 Å². The lowest BCUT2D eigenvalue weighted by atomic mass is 9.85. The molecule has 1 heterocycles. The molecule has 1 aliphatic rings. The molecule has 0 aromatic heterocycles. The normalized spacial score (nSPS) is 17.3. The summed E-state index contributed by atoms with van der Waals surface area (Å²) >= 11 is 11.8. The zero-order chi connectivity index (χ0) is 16.4. The Hall–Kier alpha value is -1.50. The molecule has 22 heavy (non-hydrogen) atoms. The molecule has 0 spiro atoms. The third-order valence-corrected chi connectivity index (χ3v) is 4.70. The Morgan fingerprint density at radius 2 is 1.77 bits per heavy atom. The monoisotopic (exact) mass is 345 g/mol. The van der Waals surface area contributed by atoms with Gasteiger partial charge in [0.05, 0.1) is 10.0 Å². The van der Waals surface area contributed by atoms with Crippen molar-refractivity contribution < 1.29 is 14.7 Å². The number of rotatable bonds is 2. The van der Waals surface area contributed by atoms with Crippen molar-refractivity contribution in [1.82, 2.24) is 4.90 Å². The Morgan fingerprint density at radius 1 is 1.23 bits per heavy atom. The molecule has 8 heteroatoms. The number of hydrogen-bond acceptors (Lipinski definition) is 4. The molecule has 2 amide bonds. The third kappa shape index (κ3) is 3.45. The minimum Gasteiger partial charge on any atom is -0.508 e. The first-order chi connectivity index (χ1) is 10.3. The van der Waals surface area contributed by atoms with Crippen LogP contribution in [0, 0.1) is 5.92 Å². The number of piperidine rings is 1. The minimum absolute atomic E-state index is 0.00228. The predicted molar refractivity (Wildman–Crippen MR) is 83.6 cm³/mol. The molecule has 0 bridgehead atoms. The predicted octanol–water partition coefficient (Wildman–Crippen LogP) is 1.42. The molecule has 1 aromatic rings. The van der Waals surface area contributed by atoms with Crippen LogP contribution in [0.5, 0.6) is 5.75 Å². The molecule has 1 saturated heterocycles. The smallest absolute Gasteiger partial charge is 0.311 e. The lowest BCUT2D eigenvalue weighted by Gasteiger charge is -2.34. The first-order valence-corrected chi connectivity index (χ1v) is 7.59. The molecule has 1 aliphatic heterocycles. The number of phenolic OH excluding ortho intramolecular Hbond substituents is 1. The van der Waals surface area contributed by atoms with Crippen molar-refractivity contribution in [1.29, 1.82) is 0 Å². The van der Waals surface area contributed by atoms with E-state index in [1.807, 2.05) is 0 Å². The van der Waals surface area contributed by atoms with Crippen LogP contribution < -0.4 is 11.5 Å². The van der Waals surface area contributed by atoms with Crippen LogP contribution in [0.15, 0.2) is 12.1 Å². The van der Waals surface area contributed by atoms with E-state index in [1.54, 1.807) is 6.07 Å².